The normalized spacial score (nSPS) is 14.8. The molecule has 0 aliphatic carbocycles. The fraction of sp³-hybridized carbons (Fsp3) is 0.292. The molecule has 0 bridgehead atoms. The van der Waals surface area contributed by atoms with Crippen LogP contribution in [0.5, 0.6) is 0 Å². The molecule has 162 valence electrons. The molecular weight excluding hydrogens is 402 g/mol. The molecule has 0 unspecified atom stereocenters. The maximum absolute atomic E-state index is 12.8. The van der Waals surface area contributed by atoms with Gasteiger partial charge in [0.25, 0.3) is 0 Å². The van der Waals surface area contributed by atoms with E-state index in [9.17, 15) is 4.79 Å². The Hall–Kier alpha value is -3.65. The first kappa shape index (κ1) is 20.3. The van der Waals surface area contributed by atoms with Gasteiger partial charge in [-0.25, -0.2) is 4.98 Å². The van der Waals surface area contributed by atoms with Crippen LogP contribution in [0.2, 0.25) is 0 Å². The molecule has 1 aliphatic rings. The predicted octanol–water partition coefficient (Wildman–Crippen LogP) is 2.60. The summed E-state index contributed by atoms with van der Waals surface area (Å²) >= 11 is 0. The van der Waals surface area contributed by atoms with E-state index < -0.39 is 0 Å². The summed E-state index contributed by atoms with van der Waals surface area (Å²) in [4.78, 5) is 30.9. The van der Waals surface area contributed by atoms with Crippen LogP contribution < -0.4 is 4.90 Å². The van der Waals surface area contributed by atoms with Gasteiger partial charge in [0.1, 0.15) is 5.82 Å². The molecule has 0 N–H and O–H groups in total. The van der Waals surface area contributed by atoms with Crippen LogP contribution in [0.4, 0.5) is 5.82 Å². The highest BCUT2D eigenvalue weighted by molar-refractivity contribution is 5.97. The Morgan fingerprint density at radius 3 is 2.47 bits per heavy atom. The molecule has 0 saturated carbocycles. The zero-order chi connectivity index (χ0) is 22.1. The highest BCUT2D eigenvalue weighted by Gasteiger charge is 2.16. The molecule has 0 atom stereocenters. The molecule has 1 fully saturated rings. The van der Waals surface area contributed by atoms with Crippen molar-refractivity contribution in [1.82, 2.24) is 29.6 Å². The molecule has 0 spiro atoms. The summed E-state index contributed by atoms with van der Waals surface area (Å²) in [5.74, 6) is 0.929. The van der Waals surface area contributed by atoms with Crippen molar-refractivity contribution in [3.05, 3.63) is 66.5 Å². The SMILES string of the molecule is CN1CCN(c2ccc(C(=O)Cc3cc4cc(-c5cnn(C)c5)cnc4cn3)cn2)CC1. The number of rotatable bonds is 5. The maximum Gasteiger partial charge on any atom is 0.170 e. The van der Waals surface area contributed by atoms with E-state index >= 15 is 0 Å². The number of likely N-dealkylation sites (N-methyl/N-ethyl adjacent to an activating group) is 1. The Morgan fingerprint density at radius 1 is 0.906 bits per heavy atom. The molecule has 0 aromatic carbocycles. The van der Waals surface area contributed by atoms with Crippen molar-refractivity contribution in [2.75, 3.05) is 38.1 Å². The second-order valence-electron chi connectivity index (χ2n) is 8.29. The number of pyridine rings is 3. The molecule has 0 amide bonds. The molecule has 5 heterocycles. The molecule has 0 radical (unpaired) electrons. The van der Waals surface area contributed by atoms with Crippen molar-refractivity contribution < 1.29 is 4.79 Å². The van der Waals surface area contributed by atoms with Crippen molar-refractivity contribution in [2.24, 2.45) is 7.05 Å². The van der Waals surface area contributed by atoms with Gasteiger partial charge in [-0.3, -0.25) is 19.4 Å². The third-order valence-corrected chi connectivity index (χ3v) is 5.90. The highest BCUT2D eigenvalue weighted by Crippen LogP contribution is 2.23. The lowest BCUT2D eigenvalue weighted by atomic mass is 10.1. The summed E-state index contributed by atoms with van der Waals surface area (Å²) in [6, 6.07) is 7.80. The van der Waals surface area contributed by atoms with Gasteiger partial charge in [-0.1, -0.05) is 0 Å². The van der Waals surface area contributed by atoms with Crippen molar-refractivity contribution in [2.45, 2.75) is 6.42 Å². The number of aryl methyl sites for hydroxylation is 1. The predicted molar refractivity (Wildman–Crippen MR) is 124 cm³/mol. The van der Waals surface area contributed by atoms with Crippen LogP contribution >= 0.6 is 0 Å². The van der Waals surface area contributed by atoms with Crippen LogP contribution in [0.15, 0.2) is 55.2 Å². The first-order valence-corrected chi connectivity index (χ1v) is 10.7. The van der Waals surface area contributed by atoms with Gasteiger partial charge in [0.15, 0.2) is 5.78 Å². The number of carbonyl (C=O) groups excluding carboxylic acids is 1. The van der Waals surface area contributed by atoms with Crippen molar-refractivity contribution >= 4 is 22.5 Å². The number of piperazine rings is 1. The Morgan fingerprint density at radius 2 is 1.75 bits per heavy atom. The van der Waals surface area contributed by atoms with E-state index in [4.69, 9.17) is 0 Å². The highest BCUT2D eigenvalue weighted by atomic mass is 16.1. The number of hydrogen-bond donors (Lipinski definition) is 0. The lowest BCUT2D eigenvalue weighted by Gasteiger charge is -2.33. The number of nitrogens with zero attached hydrogens (tertiary/aromatic N) is 7. The van der Waals surface area contributed by atoms with Gasteiger partial charge in [-0.15, -0.1) is 0 Å². The maximum atomic E-state index is 12.8. The average Bonchev–Trinajstić information content (AvgIpc) is 3.25. The van der Waals surface area contributed by atoms with E-state index in [1.807, 2.05) is 43.8 Å². The van der Waals surface area contributed by atoms with E-state index in [-0.39, 0.29) is 12.2 Å². The Balaban J connectivity index is 1.31. The number of carbonyl (C=O) groups is 1. The summed E-state index contributed by atoms with van der Waals surface area (Å²) in [5, 5.41) is 5.18. The third kappa shape index (κ3) is 4.22. The molecule has 8 nitrogen and oxygen atoms in total. The van der Waals surface area contributed by atoms with E-state index in [0.717, 1.165) is 59.7 Å². The fourth-order valence-corrected chi connectivity index (χ4v) is 3.94. The van der Waals surface area contributed by atoms with Crippen LogP contribution in [0.1, 0.15) is 16.1 Å². The smallest absolute Gasteiger partial charge is 0.170 e. The van der Waals surface area contributed by atoms with E-state index in [1.165, 1.54) is 0 Å². The number of Topliss-reactive ketones (excluding diaryl/α,β-unsaturated/α-hetero) is 1. The van der Waals surface area contributed by atoms with Gasteiger partial charge >= 0.3 is 0 Å². The first-order valence-electron chi connectivity index (χ1n) is 10.7. The van der Waals surface area contributed by atoms with Gasteiger partial charge in [0.05, 0.1) is 24.3 Å². The minimum atomic E-state index is 0.00523. The quantitative estimate of drug-likeness (QED) is 0.453. The van der Waals surface area contributed by atoms with E-state index in [1.54, 1.807) is 17.1 Å². The summed E-state index contributed by atoms with van der Waals surface area (Å²) in [5.41, 5.74) is 4.11. The van der Waals surface area contributed by atoms with Crippen molar-refractivity contribution in [3.8, 4) is 11.1 Å². The minimum absolute atomic E-state index is 0.00523. The molecule has 1 saturated heterocycles. The molecule has 4 aromatic heterocycles. The number of anilines is 1. The summed E-state index contributed by atoms with van der Waals surface area (Å²) < 4.78 is 1.76. The number of fused-ring (bicyclic) bond motifs is 1. The average molecular weight is 428 g/mol. The summed E-state index contributed by atoms with van der Waals surface area (Å²) in [6.45, 7) is 3.94. The van der Waals surface area contributed by atoms with E-state index in [0.29, 0.717) is 5.56 Å². The third-order valence-electron chi connectivity index (χ3n) is 5.90. The minimum Gasteiger partial charge on any atom is -0.354 e. The van der Waals surface area contributed by atoms with Gasteiger partial charge in [-0.05, 0) is 31.3 Å². The second-order valence-corrected chi connectivity index (χ2v) is 8.29. The molecule has 5 rings (SSSR count). The summed E-state index contributed by atoms with van der Waals surface area (Å²) in [7, 11) is 4.02. The second kappa shape index (κ2) is 8.47. The lowest BCUT2D eigenvalue weighted by molar-refractivity contribution is 0.0991. The van der Waals surface area contributed by atoms with Crippen LogP contribution in [0, 0.1) is 0 Å². The fourth-order valence-electron chi connectivity index (χ4n) is 3.94. The van der Waals surface area contributed by atoms with Crippen LogP contribution in [-0.2, 0) is 13.5 Å². The van der Waals surface area contributed by atoms with Crippen LogP contribution in [0.25, 0.3) is 22.0 Å². The largest absolute Gasteiger partial charge is 0.354 e. The van der Waals surface area contributed by atoms with Gasteiger partial charge in [-0.2, -0.15) is 5.10 Å². The summed E-state index contributed by atoms with van der Waals surface area (Å²) in [6.07, 6.45) is 9.21. The Labute approximate surface area is 186 Å². The molecule has 4 aromatic rings. The van der Waals surface area contributed by atoms with Crippen molar-refractivity contribution in [3.63, 3.8) is 0 Å². The molecule has 1 aliphatic heterocycles. The zero-order valence-electron chi connectivity index (χ0n) is 18.3. The monoisotopic (exact) mass is 427 g/mol. The standard InChI is InChI=1S/C24H25N7O/c1-29-5-7-31(8-6-29)24-4-3-17(12-27-24)23(32)11-21-10-18-9-19(13-26-22(18)15-25-21)20-14-28-30(2)16-20/h3-4,9-10,12-16H,5-8,11H2,1-2H3. The van der Waals surface area contributed by atoms with Crippen LogP contribution in [0.3, 0.4) is 0 Å². The number of aromatic nitrogens is 5. The Kier molecular flexibility index (Phi) is 5.36. The van der Waals surface area contributed by atoms with Crippen molar-refractivity contribution in [1.29, 1.82) is 0 Å². The van der Waals surface area contributed by atoms with E-state index in [2.05, 4.69) is 43.0 Å². The van der Waals surface area contributed by atoms with Gasteiger partial charge in [0, 0.05) is 79.6 Å². The van der Waals surface area contributed by atoms with Gasteiger partial charge in [0.2, 0.25) is 0 Å². The zero-order valence-corrected chi connectivity index (χ0v) is 18.3. The number of ketones is 1. The Bertz CT molecular complexity index is 1260. The lowest BCUT2D eigenvalue weighted by Crippen LogP contribution is -2.44. The molecular formula is C24H25N7O. The molecule has 32 heavy (non-hydrogen) atoms. The van der Waals surface area contributed by atoms with Crippen LogP contribution in [-0.4, -0.2) is 68.6 Å². The first-order chi connectivity index (χ1) is 15.5. The van der Waals surface area contributed by atoms with Gasteiger partial charge < -0.3 is 9.80 Å². The number of hydrogen-bond acceptors (Lipinski definition) is 7. The topological polar surface area (TPSA) is 80.0 Å². The molecule has 8 heteroatoms.